The number of rotatable bonds is 5. The minimum absolute atomic E-state index is 0.0592. The maximum atomic E-state index is 11.9. The second-order valence-corrected chi connectivity index (χ2v) is 4.49. The van der Waals surface area contributed by atoms with E-state index in [4.69, 9.17) is 5.26 Å². The Bertz CT molecular complexity index is 596. The molecule has 1 N–H and O–H groups in total. The quantitative estimate of drug-likeness (QED) is 0.831. The summed E-state index contributed by atoms with van der Waals surface area (Å²) < 4.78 is 0. The highest BCUT2D eigenvalue weighted by Crippen LogP contribution is 2.07. The standard InChI is InChI=1S/C15H15N3O/c1-18(11-15(19)14-6-3-7-17-14)10-13-5-2-4-12(8-13)9-16/h2-8,17H,10-11H2,1H3. The lowest BCUT2D eigenvalue weighted by Crippen LogP contribution is -2.25. The van der Waals surface area contributed by atoms with Crippen LogP contribution in [-0.4, -0.2) is 29.3 Å². The van der Waals surface area contributed by atoms with Crippen LogP contribution >= 0.6 is 0 Å². The normalized spacial score (nSPS) is 10.4. The minimum Gasteiger partial charge on any atom is -0.359 e. The molecule has 0 saturated carbocycles. The average Bonchev–Trinajstić information content (AvgIpc) is 2.92. The lowest BCUT2D eigenvalue weighted by Gasteiger charge is -2.15. The Morgan fingerprint density at radius 3 is 2.89 bits per heavy atom. The topological polar surface area (TPSA) is 59.9 Å². The fourth-order valence-electron chi connectivity index (χ4n) is 1.94. The van der Waals surface area contributed by atoms with E-state index in [-0.39, 0.29) is 5.78 Å². The third kappa shape index (κ3) is 3.54. The Kier molecular flexibility index (Phi) is 4.11. The van der Waals surface area contributed by atoms with Crippen molar-refractivity contribution in [3.63, 3.8) is 0 Å². The lowest BCUT2D eigenvalue weighted by atomic mass is 10.1. The number of ketones is 1. The van der Waals surface area contributed by atoms with Gasteiger partial charge in [-0.2, -0.15) is 5.26 Å². The molecule has 0 aliphatic carbocycles. The first-order chi connectivity index (χ1) is 9.19. The van der Waals surface area contributed by atoms with E-state index in [0.29, 0.717) is 24.3 Å². The van der Waals surface area contributed by atoms with Gasteiger partial charge >= 0.3 is 0 Å². The molecular formula is C15H15N3O. The van der Waals surface area contributed by atoms with Gasteiger partial charge in [0.25, 0.3) is 0 Å². The number of hydrogen-bond acceptors (Lipinski definition) is 3. The molecule has 4 nitrogen and oxygen atoms in total. The lowest BCUT2D eigenvalue weighted by molar-refractivity contribution is 0.0938. The van der Waals surface area contributed by atoms with Crippen LogP contribution in [0.25, 0.3) is 0 Å². The fourth-order valence-corrected chi connectivity index (χ4v) is 1.94. The monoisotopic (exact) mass is 253 g/mol. The van der Waals surface area contributed by atoms with Crippen LogP contribution in [0.3, 0.4) is 0 Å². The Labute approximate surface area is 112 Å². The first-order valence-corrected chi connectivity index (χ1v) is 6.03. The van der Waals surface area contributed by atoms with Crippen LogP contribution in [0.4, 0.5) is 0 Å². The predicted molar refractivity (Wildman–Crippen MR) is 72.6 cm³/mol. The van der Waals surface area contributed by atoms with E-state index < -0.39 is 0 Å². The number of nitrogens with zero attached hydrogens (tertiary/aromatic N) is 2. The molecule has 1 heterocycles. The van der Waals surface area contributed by atoms with E-state index in [9.17, 15) is 4.79 Å². The van der Waals surface area contributed by atoms with Crippen LogP contribution < -0.4 is 0 Å². The van der Waals surface area contributed by atoms with E-state index >= 15 is 0 Å². The van der Waals surface area contributed by atoms with Gasteiger partial charge in [-0.25, -0.2) is 0 Å². The number of H-pyrrole nitrogens is 1. The molecule has 0 saturated heterocycles. The van der Waals surface area contributed by atoms with Crippen molar-refractivity contribution >= 4 is 5.78 Å². The second-order valence-electron chi connectivity index (χ2n) is 4.49. The number of carbonyl (C=O) groups is 1. The third-order valence-corrected chi connectivity index (χ3v) is 2.82. The number of hydrogen-bond donors (Lipinski definition) is 1. The summed E-state index contributed by atoms with van der Waals surface area (Å²) in [6.45, 7) is 0.985. The molecule has 0 unspecified atom stereocenters. The summed E-state index contributed by atoms with van der Waals surface area (Å²) in [5, 5.41) is 8.84. The van der Waals surface area contributed by atoms with Crippen molar-refractivity contribution in [3.8, 4) is 6.07 Å². The number of nitriles is 1. The number of aromatic nitrogens is 1. The molecule has 0 aliphatic rings. The Hall–Kier alpha value is -2.38. The number of likely N-dealkylation sites (N-methyl/N-ethyl adjacent to an activating group) is 1. The molecule has 2 aromatic rings. The van der Waals surface area contributed by atoms with Gasteiger partial charge in [0.05, 0.1) is 23.9 Å². The molecule has 4 heteroatoms. The van der Waals surface area contributed by atoms with Crippen molar-refractivity contribution in [2.45, 2.75) is 6.54 Å². The summed E-state index contributed by atoms with van der Waals surface area (Å²) in [6.07, 6.45) is 1.74. The largest absolute Gasteiger partial charge is 0.359 e. The van der Waals surface area contributed by atoms with Gasteiger partial charge in [-0.1, -0.05) is 12.1 Å². The van der Waals surface area contributed by atoms with Crippen molar-refractivity contribution in [1.29, 1.82) is 5.26 Å². The van der Waals surface area contributed by atoms with E-state index in [1.807, 2.05) is 36.2 Å². The molecule has 1 aromatic carbocycles. The highest BCUT2D eigenvalue weighted by Gasteiger charge is 2.10. The Balaban J connectivity index is 1.96. The molecule has 0 radical (unpaired) electrons. The van der Waals surface area contributed by atoms with Gasteiger partial charge in [0.15, 0.2) is 5.78 Å². The van der Waals surface area contributed by atoms with Crippen molar-refractivity contribution in [2.24, 2.45) is 0 Å². The summed E-state index contributed by atoms with van der Waals surface area (Å²) >= 11 is 0. The number of Topliss-reactive ketones (excluding diaryl/α,β-unsaturated/α-hetero) is 1. The van der Waals surface area contributed by atoms with Gasteiger partial charge < -0.3 is 4.98 Å². The van der Waals surface area contributed by atoms with Crippen LogP contribution in [0.5, 0.6) is 0 Å². The van der Waals surface area contributed by atoms with Gasteiger partial charge in [-0.3, -0.25) is 9.69 Å². The average molecular weight is 253 g/mol. The van der Waals surface area contributed by atoms with Crippen LogP contribution in [-0.2, 0) is 6.54 Å². The summed E-state index contributed by atoms with van der Waals surface area (Å²) in [6, 6.07) is 13.1. The van der Waals surface area contributed by atoms with E-state index in [2.05, 4.69) is 11.1 Å². The molecule has 0 aliphatic heterocycles. The number of aromatic amines is 1. The van der Waals surface area contributed by atoms with Crippen molar-refractivity contribution in [3.05, 3.63) is 59.4 Å². The van der Waals surface area contributed by atoms with Gasteiger partial charge in [0.1, 0.15) is 0 Å². The zero-order valence-corrected chi connectivity index (χ0v) is 10.8. The molecule has 19 heavy (non-hydrogen) atoms. The SMILES string of the molecule is CN(CC(=O)c1ccc[nH]1)Cc1cccc(C#N)c1. The maximum absolute atomic E-state index is 11.9. The van der Waals surface area contributed by atoms with Gasteiger partial charge in [-0.15, -0.1) is 0 Å². The molecule has 0 bridgehead atoms. The molecule has 0 fully saturated rings. The number of nitrogens with one attached hydrogen (secondary N) is 1. The van der Waals surface area contributed by atoms with Crippen LogP contribution in [0, 0.1) is 11.3 Å². The van der Waals surface area contributed by atoms with E-state index in [1.165, 1.54) is 0 Å². The minimum atomic E-state index is 0.0592. The highest BCUT2D eigenvalue weighted by atomic mass is 16.1. The number of carbonyl (C=O) groups excluding carboxylic acids is 1. The number of benzene rings is 1. The second kappa shape index (κ2) is 5.98. The molecule has 96 valence electrons. The van der Waals surface area contributed by atoms with E-state index in [0.717, 1.165) is 5.56 Å². The third-order valence-electron chi connectivity index (χ3n) is 2.82. The Morgan fingerprint density at radius 1 is 1.37 bits per heavy atom. The van der Waals surface area contributed by atoms with Crippen LogP contribution in [0.15, 0.2) is 42.6 Å². The summed E-state index contributed by atoms with van der Waals surface area (Å²) in [4.78, 5) is 16.7. The molecule has 0 atom stereocenters. The van der Waals surface area contributed by atoms with E-state index in [1.54, 1.807) is 18.3 Å². The van der Waals surface area contributed by atoms with Gasteiger partial charge in [0, 0.05) is 12.7 Å². The smallest absolute Gasteiger partial charge is 0.192 e. The first kappa shape index (κ1) is 13.1. The van der Waals surface area contributed by atoms with Gasteiger partial charge in [-0.05, 0) is 36.9 Å². The van der Waals surface area contributed by atoms with Crippen LogP contribution in [0.1, 0.15) is 21.6 Å². The molecule has 0 amide bonds. The van der Waals surface area contributed by atoms with Crippen molar-refractivity contribution in [1.82, 2.24) is 9.88 Å². The summed E-state index contributed by atoms with van der Waals surface area (Å²) in [5.74, 6) is 0.0592. The first-order valence-electron chi connectivity index (χ1n) is 6.03. The van der Waals surface area contributed by atoms with Crippen molar-refractivity contribution < 1.29 is 4.79 Å². The zero-order valence-electron chi connectivity index (χ0n) is 10.8. The van der Waals surface area contributed by atoms with Gasteiger partial charge in [0.2, 0.25) is 0 Å². The Morgan fingerprint density at radius 2 is 2.21 bits per heavy atom. The maximum Gasteiger partial charge on any atom is 0.192 e. The predicted octanol–water partition coefficient (Wildman–Crippen LogP) is 2.20. The molecule has 0 spiro atoms. The molecule has 2 rings (SSSR count). The zero-order chi connectivity index (χ0) is 13.7. The van der Waals surface area contributed by atoms with Crippen molar-refractivity contribution in [2.75, 3.05) is 13.6 Å². The fraction of sp³-hybridized carbons (Fsp3) is 0.200. The highest BCUT2D eigenvalue weighted by molar-refractivity contribution is 5.95. The summed E-state index contributed by atoms with van der Waals surface area (Å²) in [7, 11) is 1.89. The molecule has 1 aromatic heterocycles. The van der Waals surface area contributed by atoms with Crippen LogP contribution in [0.2, 0.25) is 0 Å². The summed E-state index contributed by atoms with van der Waals surface area (Å²) in [5.41, 5.74) is 2.29. The molecular weight excluding hydrogens is 238 g/mol.